The van der Waals surface area contributed by atoms with Crippen molar-refractivity contribution >= 4 is 65.0 Å². The maximum atomic E-state index is 15.3. The molecule has 11 amide bonds. The summed E-state index contributed by atoms with van der Waals surface area (Å²) in [5, 5.41) is 23.3. The van der Waals surface area contributed by atoms with Gasteiger partial charge in [0, 0.05) is 75.6 Å². The monoisotopic (exact) mass is 1350 g/mol. The Hall–Kier alpha value is -6.25. The minimum atomic E-state index is -1.65. The number of likely N-dealkylation sites (N-methyl/N-ethyl adjacent to an activating group) is 7. The number of ether oxygens (including phenoxy) is 3. The average Bonchev–Trinajstić information content (AvgIpc) is 0.820. The fourth-order valence-corrected chi connectivity index (χ4v) is 11.9. The van der Waals surface area contributed by atoms with Crippen LogP contribution in [0.5, 0.6) is 0 Å². The highest BCUT2D eigenvalue weighted by atomic mass is 16.7. The second-order valence-electron chi connectivity index (χ2n) is 27.8. The molecule has 1 fully saturated rings. The third-order valence-electron chi connectivity index (χ3n) is 17.9. The van der Waals surface area contributed by atoms with E-state index in [9.17, 15) is 33.9 Å². The number of hydrogen-bond acceptors (Lipinski definition) is 15. The van der Waals surface area contributed by atoms with Crippen LogP contribution in [-0.2, 0) is 67.0 Å². The van der Waals surface area contributed by atoms with Crippen molar-refractivity contribution < 1.29 is 72.1 Å². The molecule has 1 saturated heterocycles. The van der Waals surface area contributed by atoms with Gasteiger partial charge >= 0.3 is 0 Å². The normalized spacial score (nSPS) is 26.5. The maximum absolute atomic E-state index is 15.3. The van der Waals surface area contributed by atoms with Crippen LogP contribution in [0.1, 0.15) is 176 Å². The van der Waals surface area contributed by atoms with Gasteiger partial charge in [-0.05, 0) is 122 Å². The molecule has 0 spiro atoms. The Morgan fingerprint density at radius 2 is 0.916 bits per heavy atom. The fourth-order valence-electron chi connectivity index (χ4n) is 11.9. The van der Waals surface area contributed by atoms with Crippen LogP contribution in [0.4, 0.5) is 0 Å². The van der Waals surface area contributed by atoms with Crippen LogP contribution in [-0.4, -0.2) is 258 Å². The lowest BCUT2D eigenvalue weighted by Crippen LogP contribution is -2.64. The van der Waals surface area contributed by atoms with Gasteiger partial charge in [-0.1, -0.05) is 95.2 Å². The first-order chi connectivity index (χ1) is 44.1. The van der Waals surface area contributed by atoms with Crippen molar-refractivity contribution in [2.75, 3.05) is 69.2 Å². The number of aliphatic hydroxyl groups excluding tert-OH is 1. The molecule has 0 unspecified atom stereocenters. The summed E-state index contributed by atoms with van der Waals surface area (Å²) in [6.45, 7) is 33.7. The molecule has 95 heavy (non-hydrogen) atoms. The lowest BCUT2D eigenvalue weighted by molar-refractivity contribution is -0.157. The molecule has 0 bridgehead atoms. The molecule has 5 N–H and O–H groups in total. The Bertz CT molecular complexity index is 2540. The van der Waals surface area contributed by atoms with Crippen LogP contribution in [0.2, 0.25) is 0 Å². The summed E-state index contributed by atoms with van der Waals surface area (Å²) in [4.78, 5) is 172. The largest absolute Gasteiger partial charge is 0.390 e. The standard InChI is InChI=1S/C69H125N11O15/c1-27-31-33-44(15)58(81)57-62(85)72-49(28-2)65(88)74(20)47(18)64(87)79(25)56(48(19)95-35-32-34-53(93-29-3)94-30-4)61(84)73-54(42(11)12)68(91)75(21)50(36-39(5)6)60(83)70-45(16)59(82)71-46(17)63(86)76(22)51(37-40(7)8)66(89)77(23)52(38-41(9)10)67(90)78(24)55(43(13)14)69(92)80(57)26/h27,31,39-58,81H,28-30,32-38H2,1-26H3,(H,70,83)(H,71,82)(H,72,85)(H,73,84)/b31-27+/t44-,45+,46+,47-,48-,49+,50-,51+,52-,54+,55+,56+,57+,58-/m1/s1. The Kier molecular flexibility index (Phi) is 37.5. The number of allylic oxidation sites excluding steroid dienone is 2. The van der Waals surface area contributed by atoms with Crippen LogP contribution in [0.3, 0.4) is 0 Å². The van der Waals surface area contributed by atoms with E-state index in [0.717, 1.165) is 14.7 Å². The first-order valence-corrected chi connectivity index (χ1v) is 34.4. The molecular formula is C69H125N11O15. The topological polar surface area (TPSA) is 306 Å². The molecule has 0 aromatic carbocycles. The first-order valence-electron chi connectivity index (χ1n) is 34.4. The van der Waals surface area contributed by atoms with Crippen molar-refractivity contribution in [1.29, 1.82) is 0 Å². The van der Waals surface area contributed by atoms with Gasteiger partial charge in [0.05, 0.1) is 12.2 Å². The lowest BCUT2D eigenvalue weighted by atomic mass is 9.91. The average molecular weight is 1350 g/mol. The molecular weight excluding hydrogens is 1220 g/mol. The SMILES string of the molecule is C/C=C/C[C@@H](C)[C@@H](O)[C@H]1C(=O)N[C@@H](CC)C(=O)N(C)[C@H](C)C(=O)N(C)[C@@H]([C@@H](C)OCCCC(OCC)OCC)C(=O)N[C@@H](C(C)C)C(=O)N(C)[C@H](CC(C)C)C(=O)N[C@@H](C)C(=O)N[C@@H](C)C(=O)N(C)[C@@H](CC(C)C)C(=O)N(C)[C@H](CC(C)C)C(=O)N(C)[C@@H](C(C)C)C(=O)N1C. The highest BCUT2D eigenvalue weighted by molar-refractivity contribution is 6.00. The number of nitrogens with zero attached hydrogens (tertiary/aromatic N) is 7. The van der Waals surface area contributed by atoms with E-state index in [1.807, 2.05) is 55.4 Å². The summed E-state index contributed by atoms with van der Waals surface area (Å²) in [6, 6.07) is -14.3. The number of amides is 11. The van der Waals surface area contributed by atoms with Crippen LogP contribution in [0.15, 0.2) is 12.2 Å². The molecule has 1 aliphatic heterocycles. The van der Waals surface area contributed by atoms with E-state index in [-0.39, 0.29) is 56.5 Å². The number of nitrogens with one attached hydrogen (secondary N) is 4. The van der Waals surface area contributed by atoms with E-state index < -0.39 is 168 Å². The Balaban J connectivity index is 4.45. The van der Waals surface area contributed by atoms with Crippen LogP contribution in [0, 0.1) is 35.5 Å². The van der Waals surface area contributed by atoms with Crippen molar-refractivity contribution in [2.45, 2.75) is 261 Å². The van der Waals surface area contributed by atoms with E-state index in [1.54, 1.807) is 67.5 Å². The second-order valence-corrected chi connectivity index (χ2v) is 27.8. The van der Waals surface area contributed by atoms with Gasteiger partial charge in [-0.15, -0.1) is 0 Å². The van der Waals surface area contributed by atoms with Gasteiger partial charge in [0.15, 0.2) is 6.29 Å². The summed E-state index contributed by atoms with van der Waals surface area (Å²) >= 11 is 0. The van der Waals surface area contributed by atoms with E-state index in [1.165, 1.54) is 89.7 Å². The molecule has 1 rings (SSSR count). The first kappa shape index (κ1) is 86.8. The van der Waals surface area contributed by atoms with Gasteiger partial charge in [-0.3, -0.25) is 52.7 Å². The van der Waals surface area contributed by atoms with Crippen LogP contribution in [0.25, 0.3) is 0 Å². The predicted molar refractivity (Wildman–Crippen MR) is 365 cm³/mol. The Morgan fingerprint density at radius 1 is 0.463 bits per heavy atom. The van der Waals surface area contributed by atoms with Crippen molar-refractivity contribution in [3.63, 3.8) is 0 Å². The zero-order valence-electron chi connectivity index (χ0n) is 62.6. The van der Waals surface area contributed by atoms with Gasteiger partial charge in [0.2, 0.25) is 65.0 Å². The number of hydrogen-bond donors (Lipinski definition) is 5. The highest BCUT2D eigenvalue weighted by Gasteiger charge is 2.46. The molecule has 1 aliphatic rings. The summed E-state index contributed by atoms with van der Waals surface area (Å²) < 4.78 is 17.7. The Morgan fingerprint density at radius 3 is 1.39 bits per heavy atom. The minimum Gasteiger partial charge on any atom is -0.390 e. The Labute approximate surface area is 568 Å². The predicted octanol–water partition coefficient (Wildman–Crippen LogP) is 4.20. The summed E-state index contributed by atoms with van der Waals surface area (Å²) in [6.07, 6.45) is 2.02. The van der Waals surface area contributed by atoms with Crippen molar-refractivity contribution in [3.8, 4) is 0 Å². The van der Waals surface area contributed by atoms with Crippen molar-refractivity contribution in [1.82, 2.24) is 55.6 Å². The van der Waals surface area contributed by atoms with E-state index in [2.05, 4.69) is 21.3 Å². The second kappa shape index (κ2) is 41.1. The third-order valence-corrected chi connectivity index (χ3v) is 17.9. The third kappa shape index (κ3) is 25.0. The molecule has 0 aromatic rings. The van der Waals surface area contributed by atoms with Crippen LogP contribution < -0.4 is 21.3 Å². The molecule has 1 heterocycles. The smallest absolute Gasteiger partial charge is 0.246 e. The maximum Gasteiger partial charge on any atom is 0.246 e. The molecule has 26 nitrogen and oxygen atoms in total. The number of rotatable bonds is 23. The van der Waals surface area contributed by atoms with Gasteiger partial charge in [0.1, 0.15) is 66.5 Å². The molecule has 14 atom stereocenters. The fraction of sp³-hybridized carbons (Fsp3) is 0.812. The van der Waals surface area contributed by atoms with E-state index in [4.69, 9.17) is 14.2 Å². The summed E-state index contributed by atoms with van der Waals surface area (Å²) in [5.74, 6) is -10.2. The molecule has 546 valence electrons. The van der Waals surface area contributed by atoms with Crippen LogP contribution >= 0.6 is 0 Å². The molecule has 0 saturated carbocycles. The molecule has 0 aromatic heterocycles. The summed E-state index contributed by atoms with van der Waals surface area (Å²) in [5.41, 5.74) is 0. The molecule has 0 radical (unpaired) electrons. The van der Waals surface area contributed by atoms with Gasteiger partial charge in [-0.2, -0.15) is 0 Å². The van der Waals surface area contributed by atoms with Gasteiger partial charge in [-0.25, -0.2) is 0 Å². The zero-order chi connectivity index (χ0) is 73.4. The van der Waals surface area contributed by atoms with E-state index >= 15 is 24.0 Å². The number of aliphatic hydroxyl groups is 1. The number of carbonyl (C=O) groups is 11. The zero-order valence-corrected chi connectivity index (χ0v) is 62.6. The number of carbonyl (C=O) groups excluding carboxylic acids is 11. The van der Waals surface area contributed by atoms with Crippen molar-refractivity contribution in [2.24, 2.45) is 35.5 Å². The lowest BCUT2D eigenvalue weighted by Gasteiger charge is -2.41. The van der Waals surface area contributed by atoms with Crippen molar-refractivity contribution in [3.05, 3.63) is 12.2 Å². The highest BCUT2D eigenvalue weighted by Crippen LogP contribution is 2.26. The van der Waals surface area contributed by atoms with Gasteiger partial charge in [0.25, 0.3) is 0 Å². The van der Waals surface area contributed by atoms with Gasteiger partial charge < -0.3 is 74.9 Å². The minimum absolute atomic E-state index is 0.0211. The quantitative estimate of drug-likeness (QED) is 0.0544. The molecule has 26 heteroatoms. The molecule has 0 aliphatic carbocycles. The summed E-state index contributed by atoms with van der Waals surface area (Å²) in [7, 11) is 9.83. The van der Waals surface area contributed by atoms with E-state index in [0.29, 0.717) is 26.1 Å².